The van der Waals surface area contributed by atoms with Crippen LogP contribution in [0.25, 0.3) is 0 Å². The highest BCUT2D eigenvalue weighted by atomic mass is 16.5. The van der Waals surface area contributed by atoms with Gasteiger partial charge in [0.2, 0.25) is 0 Å². The van der Waals surface area contributed by atoms with E-state index in [1.54, 1.807) is 86.8 Å². The Morgan fingerprint density at radius 1 is 0.677 bits per heavy atom. The van der Waals surface area contributed by atoms with Gasteiger partial charge in [0.1, 0.15) is 11.5 Å². The highest BCUT2D eigenvalue weighted by Gasteiger charge is 2.12. The van der Waals surface area contributed by atoms with Crippen molar-refractivity contribution >= 4 is 23.2 Å². The van der Waals surface area contributed by atoms with Crippen molar-refractivity contribution in [2.75, 3.05) is 7.11 Å². The lowest BCUT2D eigenvalue weighted by molar-refractivity contribution is 0.0946. The van der Waals surface area contributed by atoms with Gasteiger partial charge >= 0.3 is 0 Å². The van der Waals surface area contributed by atoms with Crippen molar-refractivity contribution in [1.29, 1.82) is 0 Å². The topological polar surface area (TPSA) is 92.2 Å². The van der Waals surface area contributed by atoms with Crippen molar-refractivity contribution in [3.63, 3.8) is 0 Å². The van der Waals surface area contributed by atoms with Crippen LogP contribution in [0.1, 0.15) is 33.2 Å². The fourth-order valence-electron chi connectivity index (χ4n) is 2.71. The second-order valence-corrected chi connectivity index (χ2v) is 6.50. The van der Waals surface area contributed by atoms with Gasteiger partial charge in [-0.15, -0.1) is 0 Å². The van der Waals surface area contributed by atoms with Gasteiger partial charge in [0.25, 0.3) is 11.8 Å². The summed E-state index contributed by atoms with van der Waals surface area (Å²) in [6, 6.07) is 24.7. The van der Waals surface area contributed by atoms with Crippen LogP contribution in [0.2, 0.25) is 0 Å². The number of amides is 2. The molecule has 3 rings (SSSR count). The Labute approximate surface area is 180 Å². The Balaban J connectivity index is 1.85. The molecule has 2 amide bonds. The summed E-state index contributed by atoms with van der Waals surface area (Å²) in [6.45, 7) is 1.70. The van der Waals surface area contributed by atoms with E-state index in [4.69, 9.17) is 4.74 Å². The molecule has 0 aliphatic heterocycles. The van der Waals surface area contributed by atoms with Crippen molar-refractivity contribution in [3.05, 3.63) is 102 Å². The summed E-state index contributed by atoms with van der Waals surface area (Å²) < 4.78 is 5.20. The molecular weight excluding hydrogens is 392 g/mol. The van der Waals surface area contributed by atoms with E-state index in [0.29, 0.717) is 33.9 Å². The Bertz CT molecular complexity index is 1090. The number of ether oxygens (including phenoxy) is 1. The number of carbonyl (C=O) groups excluding carboxylic acids is 2. The van der Waals surface area contributed by atoms with Crippen LogP contribution in [0.5, 0.6) is 5.75 Å². The van der Waals surface area contributed by atoms with Crippen molar-refractivity contribution in [2.45, 2.75) is 6.92 Å². The highest BCUT2D eigenvalue weighted by molar-refractivity contribution is 6.47. The molecule has 0 aromatic heterocycles. The molecule has 0 saturated heterocycles. The van der Waals surface area contributed by atoms with Gasteiger partial charge in [-0.05, 0) is 55.5 Å². The smallest absolute Gasteiger partial charge is 0.271 e. The zero-order valence-electron chi connectivity index (χ0n) is 17.2. The molecule has 0 unspecified atom stereocenters. The maximum atomic E-state index is 12.4. The van der Waals surface area contributed by atoms with E-state index in [-0.39, 0.29) is 11.8 Å². The maximum absolute atomic E-state index is 12.4. The zero-order valence-corrected chi connectivity index (χ0v) is 17.2. The van der Waals surface area contributed by atoms with Gasteiger partial charge in [0.15, 0.2) is 0 Å². The van der Waals surface area contributed by atoms with E-state index < -0.39 is 0 Å². The minimum absolute atomic E-state index is 0.345. The normalized spacial score (nSPS) is 11.5. The van der Waals surface area contributed by atoms with Crippen LogP contribution in [0.4, 0.5) is 0 Å². The van der Waals surface area contributed by atoms with Gasteiger partial charge < -0.3 is 4.74 Å². The summed E-state index contributed by atoms with van der Waals surface area (Å²) in [5.74, 6) is -0.0153. The zero-order chi connectivity index (χ0) is 22.1. The van der Waals surface area contributed by atoms with Gasteiger partial charge in [-0.25, -0.2) is 10.9 Å². The number of methoxy groups -OCH3 is 1. The van der Waals surface area contributed by atoms with Crippen LogP contribution in [-0.2, 0) is 0 Å². The Hall–Kier alpha value is -4.26. The monoisotopic (exact) mass is 414 g/mol. The predicted octanol–water partition coefficient (Wildman–Crippen LogP) is 3.64. The van der Waals surface area contributed by atoms with Crippen LogP contribution < -0.4 is 15.6 Å². The first-order valence-electron chi connectivity index (χ1n) is 9.56. The number of benzene rings is 3. The van der Waals surface area contributed by atoms with E-state index in [2.05, 4.69) is 21.1 Å². The molecule has 2 N–H and O–H groups in total. The van der Waals surface area contributed by atoms with Crippen LogP contribution >= 0.6 is 0 Å². The van der Waals surface area contributed by atoms with Crippen molar-refractivity contribution < 1.29 is 14.3 Å². The molecule has 0 radical (unpaired) electrons. The average molecular weight is 414 g/mol. The third-order valence-corrected chi connectivity index (χ3v) is 4.37. The first-order valence-corrected chi connectivity index (χ1v) is 9.56. The molecular formula is C24H22N4O3. The number of hydrazone groups is 2. The molecule has 0 bridgehead atoms. The number of nitrogens with zero attached hydrogens (tertiary/aromatic N) is 2. The van der Waals surface area contributed by atoms with Crippen LogP contribution in [0.15, 0.2) is 95.1 Å². The first-order chi connectivity index (χ1) is 15.1. The van der Waals surface area contributed by atoms with E-state index in [0.717, 1.165) is 0 Å². The number of hydrogen-bond donors (Lipinski definition) is 2. The number of carbonyl (C=O) groups is 2. The third-order valence-electron chi connectivity index (χ3n) is 4.37. The van der Waals surface area contributed by atoms with Gasteiger partial charge in [0, 0.05) is 16.7 Å². The fourth-order valence-corrected chi connectivity index (χ4v) is 2.71. The van der Waals surface area contributed by atoms with Crippen molar-refractivity contribution in [3.8, 4) is 5.75 Å². The quantitative estimate of drug-likeness (QED) is 0.457. The molecule has 0 heterocycles. The summed E-state index contributed by atoms with van der Waals surface area (Å²) in [4.78, 5) is 24.7. The van der Waals surface area contributed by atoms with E-state index in [1.165, 1.54) is 0 Å². The van der Waals surface area contributed by atoms with E-state index >= 15 is 0 Å². The summed E-state index contributed by atoms with van der Waals surface area (Å²) in [5, 5.41) is 8.44. The lowest BCUT2D eigenvalue weighted by Crippen LogP contribution is -2.26. The molecule has 3 aromatic carbocycles. The molecule has 0 spiro atoms. The van der Waals surface area contributed by atoms with Crippen molar-refractivity contribution in [2.24, 2.45) is 10.2 Å². The predicted molar refractivity (Wildman–Crippen MR) is 120 cm³/mol. The molecule has 3 aromatic rings. The molecule has 156 valence electrons. The molecule has 0 atom stereocenters. The lowest BCUT2D eigenvalue weighted by Gasteiger charge is -2.09. The van der Waals surface area contributed by atoms with Gasteiger partial charge in [0.05, 0.1) is 12.8 Å². The molecule has 7 nitrogen and oxygen atoms in total. The number of rotatable bonds is 7. The molecule has 7 heteroatoms. The summed E-state index contributed by atoms with van der Waals surface area (Å²) in [6.07, 6.45) is 0. The second kappa shape index (κ2) is 10.5. The maximum Gasteiger partial charge on any atom is 0.271 e. The van der Waals surface area contributed by atoms with E-state index in [9.17, 15) is 9.59 Å². The number of hydrogen-bond acceptors (Lipinski definition) is 5. The van der Waals surface area contributed by atoms with Crippen LogP contribution in [0.3, 0.4) is 0 Å². The first kappa shape index (κ1) is 21.4. The van der Waals surface area contributed by atoms with Crippen molar-refractivity contribution in [1.82, 2.24) is 10.9 Å². The summed E-state index contributed by atoms with van der Waals surface area (Å²) >= 11 is 0. The van der Waals surface area contributed by atoms with Gasteiger partial charge in [-0.1, -0.05) is 36.4 Å². The number of nitrogens with one attached hydrogen (secondary N) is 2. The summed E-state index contributed by atoms with van der Waals surface area (Å²) in [7, 11) is 1.58. The second-order valence-electron chi connectivity index (χ2n) is 6.50. The molecule has 0 aliphatic carbocycles. The highest BCUT2D eigenvalue weighted by Crippen LogP contribution is 2.13. The molecule has 0 aliphatic rings. The van der Waals surface area contributed by atoms with Gasteiger partial charge in [-0.3, -0.25) is 9.59 Å². The largest absolute Gasteiger partial charge is 0.497 e. The molecule has 0 fully saturated rings. The average Bonchev–Trinajstić information content (AvgIpc) is 2.84. The van der Waals surface area contributed by atoms with Crippen LogP contribution in [-0.4, -0.2) is 30.3 Å². The summed E-state index contributed by atoms with van der Waals surface area (Å²) in [5.41, 5.74) is 7.56. The Morgan fingerprint density at radius 3 is 1.65 bits per heavy atom. The molecule has 0 saturated carbocycles. The van der Waals surface area contributed by atoms with E-state index in [1.807, 2.05) is 12.1 Å². The van der Waals surface area contributed by atoms with Gasteiger partial charge in [-0.2, -0.15) is 10.2 Å². The SMILES string of the molecule is COc1ccc(C(=N\NC(=O)c2ccccc2)/C(C)=N/NC(=O)c2ccccc2)cc1. The Kier molecular flexibility index (Phi) is 7.26. The minimum atomic E-state index is -0.354. The fraction of sp³-hybridized carbons (Fsp3) is 0.0833. The minimum Gasteiger partial charge on any atom is -0.497 e. The molecule has 31 heavy (non-hydrogen) atoms. The standard InChI is InChI=1S/C24H22N4O3/c1-17(25-27-23(29)19-9-5-3-6-10-19)22(18-13-15-21(31-2)16-14-18)26-28-24(30)20-11-7-4-8-12-20/h3-16H,1-2H3,(H,27,29)(H,28,30)/b25-17+,26-22-. The lowest BCUT2D eigenvalue weighted by atomic mass is 10.1. The third kappa shape index (κ3) is 5.86. The van der Waals surface area contributed by atoms with Crippen LogP contribution in [0, 0.1) is 0 Å². The Morgan fingerprint density at radius 2 is 1.16 bits per heavy atom.